The fraction of sp³-hybridized carbons (Fsp3) is 0.519. The van der Waals surface area contributed by atoms with E-state index in [0.29, 0.717) is 12.1 Å². The minimum Gasteiger partial charge on any atom is -0.491 e. The van der Waals surface area contributed by atoms with Crippen molar-refractivity contribution in [1.29, 1.82) is 0 Å². The topological polar surface area (TPSA) is 41.6 Å². The van der Waals surface area contributed by atoms with Gasteiger partial charge in [-0.3, -0.25) is 9.69 Å². The fourth-order valence-corrected chi connectivity index (χ4v) is 4.14. The standard InChI is InChI=1S/C27H38N2O2/c1-20(2)31-24-15-11-22(12-16-24)26(30)28-19-25(29-17-7-6-8-18-29)21-9-13-23(14-10-21)27(3,4)5/h9-16,20,25H,6-8,17-19H2,1-5H3,(H,28,30)/t25-/m0/s1. The number of piperidine rings is 1. The van der Waals surface area contributed by atoms with Crippen LogP contribution < -0.4 is 10.1 Å². The summed E-state index contributed by atoms with van der Waals surface area (Å²) in [7, 11) is 0. The van der Waals surface area contributed by atoms with E-state index in [-0.39, 0.29) is 23.5 Å². The van der Waals surface area contributed by atoms with E-state index in [1.165, 1.54) is 30.4 Å². The molecule has 0 aromatic heterocycles. The molecular formula is C27H38N2O2. The lowest BCUT2D eigenvalue weighted by Gasteiger charge is -2.35. The SMILES string of the molecule is CC(C)Oc1ccc(C(=O)NC[C@@H](c2ccc(C(C)(C)C)cc2)N2CCCCC2)cc1. The summed E-state index contributed by atoms with van der Waals surface area (Å²) in [4.78, 5) is 15.3. The van der Waals surface area contributed by atoms with Crippen molar-refractivity contribution in [3.63, 3.8) is 0 Å². The van der Waals surface area contributed by atoms with Crippen molar-refractivity contribution in [2.45, 2.75) is 71.4 Å². The summed E-state index contributed by atoms with van der Waals surface area (Å²) in [5.74, 6) is 0.751. The van der Waals surface area contributed by atoms with Gasteiger partial charge in [-0.15, -0.1) is 0 Å². The van der Waals surface area contributed by atoms with Gasteiger partial charge in [-0.05, 0) is 80.6 Å². The molecule has 1 atom stereocenters. The first-order chi connectivity index (χ1) is 14.7. The van der Waals surface area contributed by atoms with Crippen LogP contribution in [0.25, 0.3) is 0 Å². The molecule has 0 aliphatic carbocycles. The van der Waals surface area contributed by atoms with E-state index in [1.807, 2.05) is 38.1 Å². The highest BCUT2D eigenvalue weighted by molar-refractivity contribution is 5.94. The van der Waals surface area contributed by atoms with E-state index >= 15 is 0 Å². The van der Waals surface area contributed by atoms with Crippen molar-refractivity contribution in [1.82, 2.24) is 10.2 Å². The van der Waals surface area contributed by atoms with Gasteiger partial charge in [0, 0.05) is 12.1 Å². The minimum absolute atomic E-state index is 0.0376. The van der Waals surface area contributed by atoms with Crippen molar-refractivity contribution in [2.75, 3.05) is 19.6 Å². The average Bonchev–Trinajstić information content (AvgIpc) is 2.74. The molecule has 31 heavy (non-hydrogen) atoms. The number of hydrogen-bond donors (Lipinski definition) is 1. The van der Waals surface area contributed by atoms with Crippen LogP contribution in [0.2, 0.25) is 0 Å². The molecule has 0 radical (unpaired) electrons. The molecule has 3 rings (SSSR count). The molecule has 0 bridgehead atoms. The van der Waals surface area contributed by atoms with Gasteiger partial charge in [0.05, 0.1) is 12.1 Å². The first-order valence-electron chi connectivity index (χ1n) is 11.6. The van der Waals surface area contributed by atoms with Crippen LogP contribution >= 0.6 is 0 Å². The van der Waals surface area contributed by atoms with Gasteiger partial charge in [0.1, 0.15) is 5.75 Å². The Morgan fingerprint density at radius 3 is 2.13 bits per heavy atom. The number of nitrogens with zero attached hydrogens (tertiary/aromatic N) is 1. The van der Waals surface area contributed by atoms with Crippen LogP contribution in [-0.4, -0.2) is 36.5 Å². The predicted molar refractivity (Wildman–Crippen MR) is 128 cm³/mol. The Labute approximate surface area is 188 Å². The average molecular weight is 423 g/mol. The highest BCUT2D eigenvalue weighted by atomic mass is 16.5. The second kappa shape index (κ2) is 10.3. The van der Waals surface area contributed by atoms with Crippen LogP contribution in [0.1, 0.15) is 81.4 Å². The number of rotatable bonds is 7. The van der Waals surface area contributed by atoms with Gasteiger partial charge < -0.3 is 10.1 Å². The third kappa shape index (κ3) is 6.57. The molecule has 1 aliphatic rings. The van der Waals surface area contributed by atoms with Crippen LogP contribution in [0.15, 0.2) is 48.5 Å². The number of carbonyl (C=O) groups excluding carboxylic acids is 1. The molecule has 1 heterocycles. The molecule has 0 saturated carbocycles. The van der Waals surface area contributed by atoms with Crippen molar-refractivity contribution < 1.29 is 9.53 Å². The summed E-state index contributed by atoms with van der Waals surface area (Å²) in [6, 6.07) is 16.5. The summed E-state index contributed by atoms with van der Waals surface area (Å²) in [6.07, 6.45) is 3.86. The molecule has 2 aromatic rings. The van der Waals surface area contributed by atoms with Crippen molar-refractivity contribution in [2.24, 2.45) is 0 Å². The first-order valence-corrected chi connectivity index (χ1v) is 11.6. The van der Waals surface area contributed by atoms with Gasteiger partial charge in [0.2, 0.25) is 0 Å². The molecule has 1 N–H and O–H groups in total. The van der Waals surface area contributed by atoms with Gasteiger partial charge >= 0.3 is 0 Å². The molecule has 4 nitrogen and oxygen atoms in total. The Morgan fingerprint density at radius 1 is 0.968 bits per heavy atom. The van der Waals surface area contributed by atoms with Crippen molar-refractivity contribution >= 4 is 5.91 Å². The normalized spacial score (nSPS) is 16.2. The number of ether oxygens (including phenoxy) is 1. The van der Waals surface area contributed by atoms with E-state index in [9.17, 15) is 4.79 Å². The number of likely N-dealkylation sites (tertiary alicyclic amines) is 1. The molecule has 1 aliphatic heterocycles. The summed E-state index contributed by atoms with van der Waals surface area (Å²) < 4.78 is 5.68. The van der Waals surface area contributed by atoms with Gasteiger partial charge in [0.25, 0.3) is 5.91 Å². The first kappa shape index (κ1) is 23.3. The van der Waals surface area contributed by atoms with Crippen LogP contribution in [0.4, 0.5) is 0 Å². The van der Waals surface area contributed by atoms with E-state index in [2.05, 4.69) is 55.3 Å². The highest BCUT2D eigenvalue weighted by Crippen LogP contribution is 2.28. The maximum absolute atomic E-state index is 12.8. The monoisotopic (exact) mass is 422 g/mol. The Morgan fingerprint density at radius 2 is 1.58 bits per heavy atom. The van der Waals surface area contributed by atoms with Gasteiger partial charge in [-0.1, -0.05) is 51.5 Å². The fourth-order valence-electron chi connectivity index (χ4n) is 4.14. The number of carbonyl (C=O) groups is 1. The van der Waals surface area contributed by atoms with Gasteiger partial charge in [0.15, 0.2) is 0 Å². The van der Waals surface area contributed by atoms with E-state index in [4.69, 9.17) is 4.74 Å². The Kier molecular flexibility index (Phi) is 7.77. The highest BCUT2D eigenvalue weighted by Gasteiger charge is 2.24. The van der Waals surface area contributed by atoms with Crippen molar-refractivity contribution in [3.05, 3.63) is 65.2 Å². The molecule has 0 spiro atoms. The summed E-state index contributed by atoms with van der Waals surface area (Å²) in [5, 5.41) is 3.18. The Hall–Kier alpha value is -2.33. The molecule has 2 aromatic carbocycles. The lowest BCUT2D eigenvalue weighted by atomic mass is 9.86. The van der Waals surface area contributed by atoms with E-state index in [1.54, 1.807) is 0 Å². The molecular weight excluding hydrogens is 384 g/mol. The third-order valence-electron chi connectivity index (χ3n) is 5.94. The lowest BCUT2D eigenvalue weighted by Crippen LogP contribution is -2.40. The third-order valence-corrected chi connectivity index (χ3v) is 5.94. The molecule has 1 saturated heterocycles. The van der Waals surface area contributed by atoms with E-state index < -0.39 is 0 Å². The number of nitrogens with one attached hydrogen (secondary N) is 1. The number of hydrogen-bond acceptors (Lipinski definition) is 3. The summed E-state index contributed by atoms with van der Waals surface area (Å²) in [5.41, 5.74) is 3.41. The second-order valence-electron chi connectivity index (χ2n) is 9.89. The maximum atomic E-state index is 12.8. The molecule has 1 amide bonds. The van der Waals surface area contributed by atoms with Crippen LogP contribution in [0.5, 0.6) is 5.75 Å². The Balaban J connectivity index is 1.70. The van der Waals surface area contributed by atoms with Crippen LogP contribution in [0, 0.1) is 0 Å². The Bertz CT molecular complexity index is 829. The molecule has 4 heteroatoms. The quantitative estimate of drug-likeness (QED) is 0.620. The number of benzene rings is 2. The second-order valence-corrected chi connectivity index (χ2v) is 9.89. The minimum atomic E-state index is -0.0376. The zero-order valence-electron chi connectivity index (χ0n) is 19.8. The van der Waals surface area contributed by atoms with Gasteiger partial charge in [-0.25, -0.2) is 0 Å². The largest absolute Gasteiger partial charge is 0.491 e. The molecule has 1 fully saturated rings. The maximum Gasteiger partial charge on any atom is 0.251 e. The van der Waals surface area contributed by atoms with Gasteiger partial charge in [-0.2, -0.15) is 0 Å². The lowest BCUT2D eigenvalue weighted by molar-refractivity contribution is 0.0924. The smallest absolute Gasteiger partial charge is 0.251 e. The molecule has 168 valence electrons. The predicted octanol–water partition coefficient (Wildman–Crippen LogP) is 5.73. The van der Waals surface area contributed by atoms with Crippen LogP contribution in [-0.2, 0) is 5.41 Å². The van der Waals surface area contributed by atoms with Crippen LogP contribution in [0.3, 0.4) is 0 Å². The van der Waals surface area contributed by atoms with Crippen molar-refractivity contribution in [3.8, 4) is 5.75 Å². The summed E-state index contributed by atoms with van der Waals surface area (Å²) >= 11 is 0. The zero-order chi connectivity index (χ0) is 22.4. The zero-order valence-corrected chi connectivity index (χ0v) is 19.8. The van der Waals surface area contributed by atoms with E-state index in [0.717, 1.165) is 18.8 Å². The summed E-state index contributed by atoms with van der Waals surface area (Å²) in [6.45, 7) is 13.5. The molecule has 0 unspecified atom stereocenters. The number of amides is 1.